The van der Waals surface area contributed by atoms with Gasteiger partial charge in [0.15, 0.2) is 0 Å². The first-order valence-electron chi connectivity index (χ1n) is 6.19. The fourth-order valence-electron chi connectivity index (χ4n) is 2.30. The van der Waals surface area contributed by atoms with Crippen LogP contribution >= 0.6 is 0 Å². The van der Waals surface area contributed by atoms with E-state index in [-0.39, 0.29) is 5.82 Å². The summed E-state index contributed by atoms with van der Waals surface area (Å²) in [7, 11) is 0. The Morgan fingerprint density at radius 3 is 2.60 bits per heavy atom. The van der Waals surface area contributed by atoms with Gasteiger partial charge in [0.25, 0.3) is 0 Å². The average molecular weight is 267 g/mol. The van der Waals surface area contributed by atoms with Crippen LogP contribution < -0.4 is 5.73 Å². The first-order chi connectivity index (χ1) is 9.66. The second kappa shape index (κ2) is 4.70. The minimum absolute atomic E-state index is 0.00162. The summed E-state index contributed by atoms with van der Waals surface area (Å²) in [6.07, 6.45) is 0. The molecule has 0 radical (unpaired) electrons. The number of carbonyl (C=O) groups is 1. The van der Waals surface area contributed by atoms with Gasteiger partial charge in [-0.15, -0.1) is 0 Å². The van der Waals surface area contributed by atoms with Gasteiger partial charge in [-0.1, -0.05) is 36.4 Å². The lowest BCUT2D eigenvalue weighted by molar-refractivity contribution is 0.0679. The highest BCUT2D eigenvalue weighted by Gasteiger charge is 2.18. The molecule has 0 fully saturated rings. The molecule has 1 aromatic heterocycles. The second-order valence-electron chi connectivity index (χ2n) is 4.53. The predicted octanol–water partition coefficient (Wildman–Crippen LogP) is 2.37. The lowest BCUT2D eigenvalue weighted by atomic mass is 10.2. The molecule has 2 aromatic carbocycles. The summed E-state index contributed by atoms with van der Waals surface area (Å²) in [5.41, 5.74) is 8.75. The fraction of sp³-hybridized carbons (Fsp3) is 0.0667. The molecular formula is C15H13N3O2. The van der Waals surface area contributed by atoms with Gasteiger partial charge >= 0.3 is 5.97 Å². The number of hydrogen-bond acceptors (Lipinski definition) is 3. The molecule has 0 saturated heterocycles. The van der Waals surface area contributed by atoms with E-state index in [0.29, 0.717) is 23.3 Å². The molecule has 3 N–H and O–H groups in total. The highest BCUT2D eigenvalue weighted by molar-refractivity contribution is 5.94. The fourth-order valence-corrected chi connectivity index (χ4v) is 2.30. The van der Waals surface area contributed by atoms with Crippen LogP contribution in [0.4, 0.5) is 5.69 Å². The molecule has 0 atom stereocenters. The van der Waals surface area contributed by atoms with Gasteiger partial charge in [0.1, 0.15) is 0 Å². The van der Waals surface area contributed by atoms with Gasteiger partial charge in [0.05, 0.1) is 16.7 Å². The maximum Gasteiger partial charge on any atom is 0.372 e. The normalized spacial score (nSPS) is 10.8. The molecule has 3 rings (SSSR count). The monoisotopic (exact) mass is 267 g/mol. The highest BCUT2D eigenvalue weighted by Crippen LogP contribution is 2.23. The number of fused-ring (bicyclic) bond motifs is 1. The third kappa shape index (κ3) is 1.99. The largest absolute Gasteiger partial charge is 0.475 e. The SMILES string of the molecule is Nc1cccc2nc(C(=O)O)n(Cc3ccccc3)c12. The van der Waals surface area contributed by atoms with Crippen LogP contribution in [0.5, 0.6) is 0 Å². The van der Waals surface area contributed by atoms with E-state index in [9.17, 15) is 9.90 Å². The van der Waals surface area contributed by atoms with E-state index >= 15 is 0 Å². The minimum atomic E-state index is -1.06. The van der Waals surface area contributed by atoms with Gasteiger partial charge in [-0.05, 0) is 17.7 Å². The van der Waals surface area contributed by atoms with Crippen molar-refractivity contribution in [3.05, 3.63) is 59.9 Å². The summed E-state index contributed by atoms with van der Waals surface area (Å²) in [4.78, 5) is 15.5. The summed E-state index contributed by atoms with van der Waals surface area (Å²) in [6, 6.07) is 14.9. The number of para-hydroxylation sites is 1. The molecule has 0 aliphatic heterocycles. The molecule has 100 valence electrons. The summed E-state index contributed by atoms with van der Waals surface area (Å²) in [5, 5.41) is 9.31. The molecule has 0 bridgehead atoms. The van der Waals surface area contributed by atoms with Crippen molar-refractivity contribution >= 4 is 22.7 Å². The molecule has 0 spiro atoms. The number of aromatic nitrogens is 2. The van der Waals surface area contributed by atoms with E-state index < -0.39 is 5.97 Å². The molecule has 1 heterocycles. The summed E-state index contributed by atoms with van der Waals surface area (Å²) in [6.45, 7) is 0.424. The van der Waals surface area contributed by atoms with Crippen LogP contribution in [-0.2, 0) is 6.54 Å². The summed E-state index contributed by atoms with van der Waals surface area (Å²) < 4.78 is 1.64. The molecule has 0 aliphatic rings. The Hall–Kier alpha value is -2.82. The maximum atomic E-state index is 11.4. The zero-order valence-corrected chi connectivity index (χ0v) is 10.7. The number of aromatic carboxylic acids is 1. The van der Waals surface area contributed by atoms with Crippen LogP contribution in [0.1, 0.15) is 16.2 Å². The Balaban J connectivity index is 2.21. The number of benzene rings is 2. The zero-order valence-electron chi connectivity index (χ0n) is 10.7. The number of imidazole rings is 1. The third-order valence-electron chi connectivity index (χ3n) is 3.17. The maximum absolute atomic E-state index is 11.4. The third-order valence-corrected chi connectivity index (χ3v) is 3.17. The first-order valence-corrected chi connectivity index (χ1v) is 6.19. The number of nitrogens with zero attached hydrogens (tertiary/aromatic N) is 2. The van der Waals surface area contributed by atoms with Crippen LogP contribution in [0.25, 0.3) is 11.0 Å². The van der Waals surface area contributed by atoms with Crippen LogP contribution in [0.15, 0.2) is 48.5 Å². The lowest BCUT2D eigenvalue weighted by Gasteiger charge is -2.08. The lowest BCUT2D eigenvalue weighted by Crippen LogP contribution is -2.11. The van der Waals surface area contributed by atoms with Gasteiger partial charge in [-0.25, -0.2) is 9.78 Å². The molecule has 0 saturated carbocycles. The summed E-state index contributed by atoms with van der Waals surface area (Å²) >= 11 is 0. The average Bonchev–Trinajstić information content (AvgIpc) is 2.80. The smallest absolute Gasteiger partial charge is 0.372 e. The van der Waals surface area contributed by atoms with Crippen LogP contribution in [0.3, 0.4) is 0 Å². The van der Waals surface area contributed by atoms with Crippen molar-refractivity contribution in [1.82, 2.24) is 9.55 Å². The highest BCUT2D eigenvalue weighted by atomic mass is 16.4. The topological polar surface area (TPSA) is 81.1 Å². The predicted molar refractivity (Wildman–Crippen MR) is 76.6 cm³/mol. The van der Waals surface area contributed by atoms with Gasteiger partial charge in [0, 0.05) is 6.54 Å². The molecule has 20 heavy (non-hydrogen) atoms. The standard InChI is InChI=1S/C15H13N3O2/c16-11-7-4-8-12-13(11)18(14(17-12)15(19)20)9-10-5-2-1-3-6-10/h1-8H,9,16H2,(H,19,20). The van der Waals surface area contributed by atoms with Gasteiger partial charge < -0.3 is 15.4 Å². The molecule has 0 unspecified atom stereocenters. The van der Waals surface area contributed by atoms with Gasteiger partial charge in [-0.3, -0.25) is 0 Å². The van der Waals surface area contributed by atoms with Crippen LogP contribution in [0.2, 0.25) is 0 Å². The quantitative estimate of drug-likeness (QED) is 0.714. The second-order valence-corrected chi connectivity index (χ2v) is 4.53. The molecule has 0 aliphatic carbocycles. The number of anilines is 1. The number of nitrogens with two attached hydrogens (primary N) is 1. The van der Waals surface area contributed by atoms with E-state index in [4.69, 9.17) is 5.73 Å². The van der Waals surface area contributed by atoms with E-state index in [2.05, 4.69) is 4.98 Å². The Bertz CT molecular complexity index is 778. The number of rotatable bonds is 3. The number of carboxylic acids is 1. The van der Waals surface area contributed by atoms with Crippen molar-refractivity contribution < 1.29 is 9.90 Å². The van der Waals surface area contributed by atoms with Crippen molar-refractivity contribution in [1.29, 1.82) is 0 Å². The van der Waals surface area contributed by atoms with Crippen molar-refractivity contribution in [3.63, 3.8) is 0 Å². The van der Waals surface area contributed by atoms with Crippen molar-refractivity contribution in [2.75, 3.05) is 5.73 Å². The Labute approximate surface area is 115 Å². The minimum Gasteiger partial charge on any atom is -0.475 e. The van der Waals surface area contributed by atoms with Crippen LogP contribution in [-0.4, -0.2) is 20.6 Å². The van der Waals surface area contributed by atoms with Crippen molar-refractivity contribution in [3.8, 4) is 0 Å². The van der Waals surface area contributed by atoms with Crippen LogP contribution in [0, 0.1) is 0 Å². The van der Waals surface area contributed by atoms with E-state index in [0.717, 1.165) is 5.56 Å². The van der Waals surface area contributed by atoms with Crippen molar-refractivity contribution in [2.45, 2.75) is 6.54 Å². The van der Waals surface area contributed by atoms with Gasteiger partial charge in [0.2, 0.25) is 5.82 Å². The molecule has 0 amide bonds. The Morgan fingerprint density at radius 1 is 1.15 bits per heavy atom. The first kappa shape index (κ1) is 12.2. The molecule has 3 aromatic rings. The van der Waals surface area contributed by atoms with E-state index in [1.165, 1.54) is 0 Å². The Morgan fingerprint density at radius 2 is 1.90 bits per heavy atom. The number of nitrogen functional groups attached to an aromatic ring is 1. The van der Waals surface area contributed by atoms with Gasteiger partial charge in [-0.2, -0.15) is 0 Å². The summed E-state index contributed by atoms with van der Waals surface area (Å²) in [5.74, 6) is -1.06. The van der Waals surface area contributed by atoms with Crippen molar-refractivity contribution in [2.24, 2.45) is 0 Å². The molecule has 5 heteroatoms. The zero-order chi connectivity index (χ0) is 14.1. The number of hydrogen-bond donors (Lipinski definition) is 2. The molecular weight excluding hydrogens is 254 g/mol. The Kier molecular flexibility index (Phi) is 2.87. The van der Waals surface area contributed by atoms with E-state index in [1.807, 2.05) is 30.3 Å². The molecule has 5 nitrogen and oxygen atoms in total. The number of carboxylic acid groups (broad SMARTS) is 1. The van der Waals surface area contributed by atoms with E-state index in [1.54, 1.807) is 22.8 Å².